The molecule has 3 rings (SSSR count). The average Bonchev–Trinajstić information content (AvgIpc) is 2.83. The number of hydrogen-bond donors (Lipinski definition) is 1. The third-order valence-electron chi connectivity index (χ3n) is 5.51. The van der Waals surface area contributed by atoms with Crippen molar-refractivity contribution >= 4 is 31.6 Å². The van der Waals surface area contributed by atoms with Crippen molar-refractivity contribution in [3.63, 3.8) is 0 Å². The molecular weight excluding hydrogens is 492 g/mol. The van der Waals surface area contributed by atoms with Gasteiger partial charge in [-0.3, -0.25) is 0 Å². The molecule has 6 nitrogen and oxygen atoms in total. The molecule has 0 unspecified atom stereocenters. The predicted molar refractivity (Wildman–Crippen MR) is 136 cm³/mol. The highest BCUT2D eigenvalue weighted by Gasteiger charge is 2.26. The SMILES string of the molecule is CC[C@H](C)NS(=O)(=O)c1ccc(S(=O)(=O)N(CCc2ccccc2)Cc2ccc(Cl)cc2)cc1. The fraction of sp³-hybridized carbons (Fsp3) is 0.280. The Morgan fingerprint density at radius 3 is 2.00 bits per heavy atom. The number of halogens is 1. The molecule has 0 amide bonds. The molecule has 0 aromatic heterocycles. The van der Waals surface area contributed by atoms with Crippen molar-refractivity contribution in [1.82, 2.24) is 9.03 Å². The van der Waals surface area contributed by atoms with E-state index in [4.69, 9.17) is 11.6 Å². The zero-order valence-corrected chi connectivity index (χ0v) is 21.6. The van der Waals surface area contributed by atoms with Crippen LogP contribution in [0.15, 0.2) is 88.7 Å². The molecule has 0 fully saturated rings. The summed E-state index contributed by atoms with van der Waals surface area (Å²) in [5, 5.41) is 0.574. The minimum atomic E-state index is -3.88. The highest BCUT2D eigenvalue weighted by Crippen LogP contribution is 2.22. The van der Waals surface area contributed by atoms with Gasteiger partial charge in [-0.05, 0) is 67.3 Å². The zero-order valence-electron chi connectivity index (χ0n) is 19.2. The molecule has 0 bridgehead atoms. The molecule has 1 atom stereocenters. The first-order chi connectivity index (χ1) is 16.1. The number of benzene rings is 3. The lowest BCUT2D eigenvalue weighted by Gasteiger charge is -2.23. The van der Waals surface area contributed by atoms with Gasteiger partial charge in [0.05, 0.1) is 9.79 Å². The molecule has 182 valence electrons. The summed E-state index contributed by atoms with van der Waals surface area (Å²) in [5.74, 6) is 0. The Bertz CT molecular complexity index is 1280. The van der Waals surface area contributed by atoms with Crippen molar-refractivity contribution in [2.75, 3.05) is 6.54 Å². The van der Waals surface area contributed by atoms with E-state index in [9.17, 15) is 16.8 Å². The highest BCUT2D eigenvalue weighted by atomic mass is 35.5. The van der Waals surface area contributed by atoms with E-state index in [1.54, 1.807) is 31.2 Å². The molecule has 3 aromatic carbocycles. The summed E-state index contributed by atoms with van der Waals surface area (Å²) in [7, 11) is -7.61. The molecule has 0 aliphatic carbocycles. The van der Waals surface area contributed by atoms with Crippen molar-refractivity contribution < 1.29 is 16.8 Å². The van der Waals surface area contributed by atoms with Gasteiger partial charge in [0.25, 0.3) is 0 Å². The topological polar surface area (TPSA) is 83.5 Å². The predicted octanol–water partition coefficient (Wildman–Crippen LogP) is 4.85. The number of nitrogens with one attached hydrogen (secondary N) is 1. The van der Waals surface area contributed by atoms with Crippen LogP contribution in [-0.2, 0) is 33.0 Å². The smallest absolute Gasteiger partial charge is 0.208 e. The molecule has 0 saturated heterocycles. The third kappa shape index (κ3) is 6.90. The lowest BCUT2D eigenvalue weighted by molar-refractivity contribution is 0.409. The van der Waals surface area contributed by atoms with Gasteiger partial charge in [0.1, 0.15) is 0 Å². The molecule has 0 spiro atoms. The number of rotatable bonds is 11. The second-order valence-electron chi connectivity index (χ2n) is 8.10. The van der Waals surface area contributed by atoms with E-state index >= 15 is 0 Å². The van der Waals surface area contributed by atoms with E-state index in [2.05, 4.69) is 4.72 Å². The Hall–Kier alpha value is -2.23. The maximum Gasteiger partial charge on any atom is 0.243 e. The van der Waals surface area contributed by atoms with E-state index in [0.717, 1.165) is 11.1 Å². The molecule has 0 saturated carbocycles. The van der Waals surface area contributed by atoms with Gasteiger partial charge < -0.3 is 0 Å². The number of hydrogen-bond acceptors (Lipinski definition) is 4. The van der Waals surface area contributed by atoms with E-state index < -0.39 is 20.0 Å². The van der Waals surface area contributed by atoms with E-state index in [0.29, 0.717) is 17.9 Å². The standard InChI is InChI=1S/C25H29ClN2O4S2/c1-3-20(2)27-33(29,30)24-13-15-25(16-14-24)34(31,32)28(18-17-21-7-5-4-6-8-21)19-22-9-11-23(26)12-10-22/h4-16,20,27H,3,17-19H2,1-2H3/t20-/m0/s1. The molecule has 0 radical (unpaired) electrons. The number of nitrogens with zero attached hydrogens (tertiary/aromatic N) is 1. The summed E-state index contributed by atoms with van der Waals surface area (Å²) in [6.07, 6.45) is 1.19. The first-order valence-electron chi connectivity index (χ1n) is 11.0. The summed E-state index contributed by atoms with van der Waals surface area (Å²) in [4.78, 5) is 0.0669. The Morgan fingerprint density at radius 1 is 0.824 bits per heavy atom. The first-order valence-corrected chi connectivity index (χ1v) is 14.3. The van der Waals surface area contributed by atoms with Crippen LogP contribution in [0.25, 0.3) is 0 Å². The van der Waals surface area contributed by atoms with Gasteiger partial charge in [0.15, 0.2) is 0 Å². The summed E-state index contributed by atoms with van der Waals surface area (Å²) in [5.41, 5.74) is 1.83. The van der Waals surface area contributed by atoms with Crippen LogP contribution in [0.1, 0.15) is 31.4 Å². The second kappa shape index (κ2) is 11.5. The Balaban J connectivity index is 1.88. The van der Waals surface area contributed by atoms with Crippen molar-refractivity contribution in [2.45, 2.75) is 49.1 Å². The molecule has 3 aromatic rings. The molecule has 0 aliphatic rings. The summed E-state index contributed by atoms with van der Waals surface area (Å²) < 4.78 is 56.2. The zero-order chi connectivity index (χ0) is 24.8. The van der Waals surface area contributed by atoms with Gasteiger partial charge in [-0.25, -0.2) is 21.6 Å². The van der Waals surface area contributed by atoms with Gasteiger partial charge in [-0.15, -0.1) is 0 Å². The van der Waals surface area contributed by atoms with Crippen LogP contribution in [0.2, 0.25) is 5.02 Å². The molecule has 0 heterocycles. The monoisotopic (exact) mass is 520 g/mol. The minimum absolute atomic E-state index is 0.0280. The van der Waals surface area contributed by atoms with E-state index in [-0.39, 0.29) is 28.9 Å². The van der Waals surface area contributed by atoms with Crippen molar-refractivity contribution in [3.8, 4) is 0 Å². The van der Waals surface area contributed by atoms with Gasteiger partial charge in [0, 0.05) is 24.2 Å². The third-order valence-corrected chi connectivity index (χ3v) is 9.22. The minimum Gasteiger partial charge on any atom is -0.208 e. The van der Waals surface area contributed by atoms with Crippen LogP contribution in [-0.4, -0.2) is 33.7 Å². The van der Waals surface area contributed by atoms with Crippen LogP contribution in [0.3, 0.4) is 0 Å². The van der Waals surface area contributed by atoms with Crippen molar-refractivity contribution in [2.24, 2.45) is 0 Å². The summed E-state index contributed by atoms with van der Waals surface area (Å²) in [6.45, 7) is 4.10. The van der Waals surface area contributed by atoms with E-state index in [1.807, 2.05) is 37.3 Å². The summed E-state index contributed by atoms with van der Waals surface area (Å²) >= 11 is 5.98. The van der Waals surface area contributed by atoms with Crippen LogP contribution in [0, 0.1) is 0 Å². The second-order valence-corrected chi connectivity index (χ2v) is 12.2. The lowest BCUT2D eigenvalue weighted by atomic mass is 10.1. The first kappa shape index (κ1) is 26.4. The van der Waals surface area contributed by atoms with Crippen molar-refractivity contribution in [3.05, 3.63) is 95.0 Å². The quantitative estimate of drug-likeness (QED) is 0.391. The molecule has 34 heavy (non-hydrogen) atoms. The van der Waals surface area contributed by atoms with Crippen LogP contribution in [0.4, 0.5) is 0 Å². The highest BCUT2D eigenvalue weighted by molar-refractivity contribution is 7.89. The Morgan fingerprint density at radius 2 is 1.41 bits per heavy atom. The summed E-state index contributed by atoms with van der Waals surface area (Å²) in [6, 6.07) is 21.8. The van der Waals surface area contributed by atoms with Crippen molar-refractivity contribution in [1.29, 1.82) is 0 Å². The van der Waals surface area contributed by atoms with Crippen LogP contribution >= 0.6 is 11.6 Å². The number of sulfonamides is 2. The van der Waals surface area contributed by atoms with Crippen LogP contribution in [0.5, 0.6) is 0 Å². The molecule has 9 heteroatoms. The fourth-order valence-corrected chi connectivity index (χ4v) is 6.21. The maximum absolute atomic E-state index is 13.5. The molecular formula is C25H29ClN2O4S2. The fourth-order valence-electron chi connectivity index (χ4n) is 3.33. The van der Waals surface area contributed by atoms with Crippen LogP contribution < -0.4 is 4.72 Å². The Kier molecular flexibility index (Phi) is 8.89. The van der Waals surface area contributed by atoms with Gasteiger partial charge in [0.2, 0.25) is 20.0 Å². The average molecular weight is 521 g/mol. The van der Waals surface area contributed by atoms with Gasteiger partial charge in [-0.2, -0.15) is 4.31 Å². The lowest BCUT2D eigenvalue weighted by Crippen LogP contribution is -2.33. The van der Waals surface area contributed by atoms with Gasteiger partial charge in [-0.1, -0.05) is 61.0 Å². The Labute approximate surface area is 207 Å². The van der Waals surface area contributed by atoms with E-state index in [1.165, 1.54) is 28.6 Å². The molecule has 0 aliphatic heterocycles. The largest absolute Gasteiger partial charge is 0.243 e. The molecule has 1 N–H and O–H groups in total. The van der Waals surface area contributed by atoms with Gasteiger partial charge >= 0.3 is 0 Å². The normalized spacial score (nSPS) is 13.2. The maximum atomic E-state index is 13.5.